The molecular formula is C21H28FNO3. The van der Waals surface area contributed by atoms with Crippen LogP contribution in [-0.4, -0.2) is 30.4 Å². The number of phenols is 2. The van der Waals surface area contributed by atoms with Crippen LogP contribution in [0.5, 0.6) is 17.2 Å². The summed E-state index contributed by atoms with van der Waals surface area (Å²) in [6, 6.07) is 9.97. The van der Waals surface area contributed by atoms with E-state index in [0.717, 1.165) is 24.3 Å². The van der Waals surface area contributed by atoms with Gasteiger partial charge in [-0.2, -0.15) is 0 Å². The highest BCUT2D eigenvalue weighted by Gasteiger charge is 2.12. The molecule has 4 nitrogen and oxygen atoms in total. The second kappa shape index (κ2) is 9.32. The number of halogens is 1. The van der Waals surface area contributed by atoms with E-state index >= 15 is 0 Å². The minimum atomic E-state index is -0.304. The number of hydrogen-bond acceptors (Lipinski definition) is 4. The highest BCUT2D eigenvalue weighted by atomic mass is 19.1. The van der Waals surface area contributed by atoms with Crippen LogP contribution in [0, 0.1) is 5.82 Å². The molecule has 142 valence electrons. The van der Waals surface area contributed by atoms with Gasteiger partial charge in [0.15, 0.2) is 23.1 Å². The fourth-order valence-electron chi connectivity index (χ4n) is 2.90. The van der Waals surface area contributed by atoms with Crippen molar-refractivity contribution in [1.29, 1.82) is 0 Å². The molecule has 0 aromatic heterocycles. The molecule has 0 amide bonds. The van der Waals surface area contributed by atoms with E-state index in [1.165, 1.54) is 32.4 Å². The minimum absolute atomic E-state index is 0.0342. The lowest BCUT2D eigenvalue weighted by molar-refractivity contribution is 0.385. The topological polar surface area (TPSA) is 52.9 Å². The minimum Gasteiger partial charge on any atom is -0.504 e. The van der Waals surface area contributed by atoms with Crippen LogP contribution in [0.4, 0.5) is 10.1 Å². The first-order chi connectivity index (χ1) is 12.4. The van der Waals surface area contributed by atoms with E-state index in [1.54, 1.807) is 24.3 Å². The molecule has 0 atom stereocenters. The van der Waals surface area contributed by atoms with E-state index in [2.05, 4.69) is 18.7 Å². The van der Waals surface area contributed by atoms with Crippen LogP contribution in [0.2, 0.25) is 0 Å². The van der Waals surface area contributed by atoms with Gasteiger partial charge in [0.25, 0.3) is 0 Å². The Balaban J connectivity index is 0.000000190. The first-order valence-corrected chi connectivity index (χ1v) is 9.02. The average Bonchev–Trinajstić information content (AvgIpc) is 2.65. The monoisotopic (exact) mass is 361 g/mol. The fraction of sp³-hybridized carbons (Fsp3) is 0.429. The first-order valence-electron chi connectivity index (χ1n) is 9.02. The second-order valence-electron chi connectivity index (χ2n) is 6.77. The number of benzene rings is 2. The normalized spacial score (nSPS) is 14.0. The zero-order valence-corrected chi connectivity index (χ0v) is 15.7. The number of aromatic hydroxyl groups is 2. The molecule has 1 aliphatic heterocycles. The molecule has 3 rings (SSSR count). The van der Waals surface area contributed by atoms with Crippen LogP contribution < -0.4 is 9.64 Å². The second-order valence-corrected chi connectivity index (χ2v) is 6.77. The third-order valence-electron chi connectivity index (χ3n) is 4.52. The summed E-state index contributed by atoms with van der Waals surface area (Å²) >= 11 is 0. The van der Waals surface area contributed by atoms with Crippen molar-refractivity contribution in [2.45, 2.75) is 39.0 Å². The van der Waals surface area contributed by atoms with Crippen molar-refractivity contribution in [2.75, 3.05) is 25.1 Å². The average molecular weight is 361 g/mol. The third-order valence-corrected chi connectivity index (χ3v) is 4.52. The maximum atomic E-state index is 12.9. The van der Waals surface area contributed by atoms with Crippen molar-refractivity contribution in [3.8, 4) is 17.2 Å². The summed E-state index contributed by atoms with van der Waals surface area (Å²) in [6.45, 7) is 6.22. The number of rotatable bonds is 3. The maximum Gasteiger partial charge on any atom is 0.165 e. The zero-order valence-electron chi connectivity index (χ0n) is 15.7. The molecule has 1 aliphatic rings. The van der Waals surface area contributed by atoms with Crippen molar-refractivity contribution in [2.24, 2.45) is 0 Å². The summed E-state index contributed by atoms with van der Waals surface area (Å²) in [4.78, 5) is 2.24. The largest absolute Gasteiger partial charge is 0.504 e. The Hall–Kier alpha value is -2.43. The molecular weight excluding hydrogens is 333 g/mol. The summed E-state index contributed by atoms with van der Waals surface area (Å²) in [5.74, 6) is 0.335. The number of anilines is 1. The van der Waals surface area contributed by atoms with Crippen LogP contribution in [0.25, 0.3) is 0 Å². The highest BCUT2D eigenvalue weighted by Crippen LogP contribution is 2.30. The van der Waals surface area contributed by atoms with Gasteiger partial charge in [0.1, 0.15) is 0 Å². The lowest BCUT2D eigenvalue weighted by atomic mass is 10.0. The molecule has 2 aromatic carbocycles. The van der Waals surface area contributed by atoms with Crippen molar-refractivity contribution in [1.82, 2.24) is 0 Å². The first kappa shape index (κ1) is 19.9. The van der Waals surface area contributed by atoms with Gasteiger partial charge in [0.2, 0.25) is 0 Å². The molecule has 0 aliphatic carbocycles. The molecule has 2 aromatic rings. The Morgan fingerprint density at radius 3 is 2.23 bits per heavy atom. The van der Waals surface area contributed by atoms with Gasteiger partial charge in [0.05, 0.1) is 7.11 Å². The summed E-state index contributed by atoms with van der Waals surface area (Å²) in [7, 11) is 1.47. The van der Waals surface area contributed by atoms with Crippen LogP contribution in [0.15, 0.2) is 36.4 Å². The fourth-order valence-corrected chi connectivity index (χ4v) is 2.90. The molecule has 0 bridgehead atoms. The molecule has 2 N–H and O–H groups in total. The molecule has 0 radical (unpaired) electrons. The zero-order chi connectivity index (χ0) is 19.1. The third kappa shape index (κ3) is 5.28. The Kier molecular flexibility index (Phi) is 7.13. The Labute approximate surface area is 154 Å². The summed E-state index contributed by atoms with van der Waals surface area (Å²) < 4.78 is 17.8. The number of piperidine rings is 1. The van der Waals surface area contributed by atoms with E-state index in [-0.39, 0.29) is 17.3 Å². The van der Waals surface area contributed by atoms with Crippen LogP contribution >= 0.6 is 0 Å². The van der Waals surface area contributed by atoms with Crippen LogP contribution in [0.3, 0.4) is 0 Å². The molecule has 0 unspecified atom stereocenters. The van der Waals surface area contributed by atoms with E-state index < -0.39 is 0 Å². The van der Waals surface area contributed by atoms with Gasteiger partial charge < -0.3 is 19.8 Å². The predicted octanol–water partition coefficient (Wildman–Crippen LogP) is 5.05. The molecule has 1 heterocycles. The summed E-state index contributed by atoms with van der Waals surface area (Å²) in [6.07, 6.45) is 3.71. The van der Waals surface area contributed by atoms with E-state index in [9.17, 15) is 14.6 Å². The summed E-state index contributed by atoms with van der Waals surface area (Å²) in [5.41, 5.74) is 2.09. The summed E-state index contributed by atoms with van der Waals surface area (Å²) in [5, 5.41) is 18.5. The van der Waals surface area contributed by atoms with E-state index in [4.69, 9.17) is 4.74 Å². The standard InChI is InChI=1S/C11H15NO2.C10H13FO/c13-10-5-4-9(8-11(10)14)12-6-2-1-3-7-12;1-7(2)8-4-5-9(11)10(6-8)12-3/h4-5,8,13-14H,1-3,6-7H2;4-7H,1-3H3. The van der Waals surface area contributed by atoms with Gasteiger partial charge in [-0.05, 0) is 55.0 Å². The van der Waals surface area contributed by atoms with Gasteiger partial charge >= 0.3 is 0 Å². The molecule has 0 saturated carbocycles. The van der Waals surface area contributed by atoms with Gasteiger partial charge in [0, 0.05) is 24.8 Å². The Morgan fingerprint density at radius 1 is 0.962 bits per heavy atom. The number of nitrogens with zero attached hydrogens (tertiary/aromatic N) is 1. The Bertz CT molecular complexity index is 712. The molecule has 1 fully saturated rings. The van der Waals surface area contributed by atoms with Gasteiger partial charge in [-0.15, -0.1) is 0 Å². The lowest BCUT2D eigenvalue weighted by Gasteiger charge is -2.28. The van der Waals surface area contributed by atoms with Gasteiger partial charge in [-0.25, -0.2) is 4.39 Å². The van der Waals surface area contributed by atoms with Crippen molar-refractivity contribution in [3.63, 3.8) is 0 Å². The quantitative estimate of drug-likeness (QED) is 0.752. The molecule has 0 spiro atoms. The molecule has 5 heteroatoms. The maximum absolute atomic E-state index is 12.9. The van der Waals surface area contributed by atoms with E-state index in [0.29, 0.717) is 11.7 Å². The van der Waals surface area contributed by atoms with Gasteiger partial charge in [-0.1, -0.05) is 19.9 Å². The Morgan fingerprint density at radius 2 is 1.65 bits per heavy atom. The van der Waals surface area contributed by atoms with E-state index in [1.807, 2.05) is 6.07 Å². The smallest absolute Gasteiger partial charge is 0.165 e. The molecule has 26 heavy (non-hydrogen) atoms. The lowest BCUT2D eigenvalue weighted by Crippen LogP contribution is -2.29. The SMILES string of the molecule is COc1cc(C(C)C)ccc1F.Oc1ccc(N2CCCCC2)cc1O. The van der Waals surface area contributed by atoms with Crippen molar-refractivity contribution in [3.05, 3.63) is 47.8 Å². The number of phenolic OH excluding ortho intramolecular Hbond substituents is 2. The number of hydrogen-bond donors (Lipinski definition) is 2. The molecule has 1 saturated heterocycles. The van der Waals surface area contributed by atoms with Crippen LogP contribution in [0.1, 0.15) is 44.6 Å². The number of methoxy groups -OCH3 is 1. The number of ether oxygens (including phenoxy) is 1. The van der Waals surface area contributed by atoms with Gasteiger partial charge in [-0.3, -0.25) is 0 Å². The van der Waals surface area contributed by atoms with Crippen LogP contribution in [-0.2, 0) is 0 Å². The predicted molar refractivity (Wildman–Crippen MR) is 103 cm³/mol. The van der Waals surface area contributed by atoms with Crippen molar-refractivity contribution >= 4 is 5.69 Å². The highest BCUT2D eigenvalue weighted by molar-refractivity contribution is 5.55. The van der Waals surface area contributed by atoms with Crippen molar-refractivity contribution < 1.29 is 19.3 Å².